The normalized spacial score (nSPS) is 24.4. The number of benzene rings is 1. The molecule has 0 aromatic heterocycles. The monoisotopic (exact) mass is 323 g/mol. The molecule has 1 aliphatic heterocycles. The second kappa shape index (κ2) is 5.58. The van der Waals surface area contributed by atoms with Crippen LogP contribution in [-0.4, -0.2) is 37.0 Å². The lowest BCUT2D eigenvalue weighted by molar-refractivity contribution is -0.137. The molecule has 1 heterocycles. The third-order valence-corrected chi connectivity index (χ3v) is 5.75. The molecule has 0 bridgehead atoms. The minimum atomic E-state index is -4.50. The van der Waals surface area contributed by atoms with Gasteiger partial charge in [0.25, 0.3) is 0 Å². The first-order valence-electron chi connectivity index (χ1n) is 6.48. The van der Waals surface area contributed by atoms with E-state index in [1.807, 2.05) is 6.92 Å². The number of sulfonamides is 1. The predicted octanol–water partition coefficient (Wildman–Crippen LogP) is 2.10. The van der Waals surface area contributed by atoms with E-state index in [-0.39, 0.29) is 24.0 Å². The molecule has 1 aromatic carbocycles. The van der Waals surface area contributed by atoms with Gasteiger partial charge in [-0.1, -0.05) is 6.92 Å². The Morgan fingerprint density at radius 1 is 1.29 bits per heavy atom. The molecule has 2 atom stereocenters. The highest BCUT2D eigenvalue weighted by atomic mass is 32.2. The summed E-state index contributed by atoms with van der Waals surface area (Å²) in [6.45, 7) is 1.79. The quantitative estimate of drug-likeness (QED) is 0.927. The number of rotatable bonds is 3. The van der Waals surface area contributed by atoms with Crippen LogP contribution in [0.15, 0.2) is 29.2 Å². The summed E-state index contributed by atoms with van der Waals surface area (Å²) in [4.78, 5) is -0.192. The van der Waals surface area contributed by atoms with Gasteiger partial charge in [0.2, 0.25) is 10.0 Å². The summed E-state index contributed by atoms with van der Waals surface area (Å²) >= 11 is 0. The first-order chi connectivity index (χ1) is 9.67. The molecule has 0 amide bonds. The second-order valence-electron chi connectivity index (χ2n) is 5.15. The molecule has 118 valence electrons. The SMILES string of the molecule is CC1CCN(S(=O)(=O)c2ccc(C(F)(F)F)cc2)C1CO. The fourth-order valence-corrected chi connectivity index (χ4v) is 4.22. The Kier molecular flexibility index (Phi) is 4.32. The van der Waals surface area contributed by atoms with E-state index in [2.05, 4.69) is 0 Å². The van der Waals surface area contributed by atoms with Gasteiger partial charge in [-0.05, 0) is 36.6 Å². The van der Waals surface area contributed by atoms with Gasteiger partial charge >= 0.3 is 6.18 Å². The fraction of sp³-hybridized carbons (Fsp3) is 0.538. The fourth-order valence-electron chi connectivity index (χ4n) is 2.49. The molecule has 8 heteroatoms. The molecule has 1 saturated heterocycles. The van der Waals surface area contributed by atoms with Crippen LogP contribution in [0.5, 0.6) is 0 Å². The molecule has 1 N–H and O–H groups in total. The van der Waals surface area contributed by atoms with Crippen LogP contribution in [0.4, 0.5) is 13.2 Å². The molecule has 2 unspecified atom stereocenters. The van der Waals surface area contributed by atoms with Crippen LogP contribution in [-0.2, 0) is 16.2 Å². The summed E-state index contributed by atoms with van der Waals surface area (Å²) in [5.41, 5.74) is -0.894. The standard InChI is InChI=1S/C13H16F3NO3S/c1-9-6-7-17(12(9)8-18)21(19,20)11-4-2-10(3-5-11)13(14,15)16/h2-5,9,12,18H,6-8H2,1H3. The Labute approximate surface area is 121 Å². The van der Waals surface area contributed by atoms with Crippen molar-refractivity contribution in [3.8, 4) is 0 Å². The van der Waals surface area contributed by atoms with E-state index in [1.165, 1.54) is 4.31 Å². The summed E-state index contributed by atoms with van der Waals surface area (Å²) in [6, 6.07) is 2.88. The first kappa shape index (κ1) is 16.3. The lowest BCUT2D eigenvalue weighted by atomic mass is 10.0. The summed E-state index contributed by atoms with van der Waals surface area (Å²) in [6.07, 6.45) is -3.89. The highest BCUT2D eigenvalue weighted by Gasteiger charge is 2.39. The van der Waals surface area contributed by atoms with Crippen LogP contribution in [0.25, 0.3) is 0 Å². The number of aliphatic hydroxyl groups is 1. The largest absolute Gasteiger partial charge is 0.416 e. The van der Waals surface area contributed by atoms with Crippen LogP contribution in [0.1, 0.15) is 18.9 Å². The summed E-state index contributed by atoms with van der Waals surface area (Å²) in [7, 11) is -3.89. The average Bonchev–Trinajstić information content (AvgIpc) is 2.79. The zero-order chi connectivity index (χ0) is 15.8. The Balaban J connectivity index is 2.32. The smallest absolute Gasteiger partial charge is 0.395 e. The number of aliphatic hydroxyl groups excluding tert-OH is 1. The summed E-state index contributed by atoms with van der Waals surface area (Å²) < 4.78 is 63.5. The molecule has 4 nitrogen and oxygen atoms in total. The molecule has 1 aromatic rings. The van der Waals surface area contributed by atoms with Crippen molar-refractivity contribution in [3.05, 3.63) is 29.8 Å². The predicted molar refractivity (Wildman–Crippen MR) is 70.0 cm³/mol. The van der Waals surface area contributed by atoms with Crippen LogP contribution >= 0.6 is 0 Å². The molecule has 21 heavy (non-hydrogen) atoms. The van der Waals surface area contributed by atoms with E-state index in [9.17, 15) is 26.7 Å². The molecular formula is C13H16F3NO3S. The van der Waals surface area contributed by atoms with Gasteiger partial charge in [-0.15, -0.1) is 0 Å². The van der Waals surface area contributed by atoms with Gasteiger partial charge in [0, 0.05) is 6.54 Å². The van der Waals surface area contributed by atoms with E-state index in [0.717, 1.165) is 24.3 Å². The zero-order valence-electron chi connectivity index (χ0n) is 11.3. The number of halogens is 3. The van der Waals surface area contributed by atoms with Crippen molar-refractivity contribution >= 4 is 10.0 Å². The third kappa shape index (κ3) is 3.07. The van der Waals surface area contributed by atoms with E-state index in [1.54, 1.807) is 0 Å². The molecule has 1 aliphatic rings. The van der Waals surface area contributed by atoms with Crippen molar-refractivity contribution in [2.24, 2.45) is 5.92 Å². The van der Waals surface area contributed by atoms with Gasteiger partial charge < -0.3 is 5.11 Å². The van der Waals surface area contributed by atoms with Gasteiger partial charge in [-0.3, -0.25) is 0 Å². The second-order valence-corrected chi connectivity index (χ2v) is 7.04. The summed E-state index contributed by atoms with van der Waals surface area (Å²) in [5.74, 6) is 0.0132. The van der Waals surface area contributed by atoms with Crippen molar-refractivity contribution in [1.82, 2.24) is 4.31 Å². The van der Waals surface area contributed by atoms with Crippen molar-refractivity contribution in [2.75, 3.05) is 13.2 Å². The van der Waals surface area contributed by atoms with Crippen molar-refractivity contribution in [3.63, 3.8) is 0 Å². The third-order valence-electron chi connectivity index (χ3n) is 3.81. The van der Waals surface area contributed by atoms with Crippen LogP contribution in [0, 0.1) is 5.92 Å². The number of nitrogens with zero attached hydrogens (tertiary/aromatic N) is 1. The number of hydrogen-bond acceptors (Lipinski definition) is 3. The van der Waals surface area contributed by atoms with E-state index < -0.39 is 27.8 Å². The van der Waals surface area contributed by atoms with Gasteiger partial charge in [-0.2, -0.15) is 17.5 Å². The Morgan fingerprint density at radius 2 is 1.86 bits per heavy atom. The zero-order valence-corrected chi connectivity index (χ0v) is 12.2. The van der Waals surface area contributed by atoms with Gasteiger partial charge in [0.05, 0.1) is 23.1 Å². The molecule has 1 fully saturated rings. The van der Waals surface area contributed by atoms with Crippen molar-refractivity contribution < 1.29 is 26.7 Å². The van der Waals surface area contributed by atoms with Gasteiger partial charge in [0.15, 0.2) is 0 Å². The molecule has 2 rings (SSSR count). The van der Waals surface area contributed by atoms with Crippen LogP contribution < -0.4 is 0 Å². The number of alkyl halides is 3. The average molecular weight is 323 g/mol. The Hall–Kier alpha value is -1.12. The molecule has 0 radical (unpaired) electrons. The molecule has 0 saturated carbocycles. The van der Waals surface area contributed by atoms with E-state index in [0.29, 0.717) is 6.42 Å². The van der Waals surface area contributed by atoms with E-state index >= 15 is 0 Å². The lowest BCUT2D eigenvalue weighted by Gasteiger charge is -2.24. The van der Waals surface area contributed by atoms with Crippen molar-refractivity contribution in [1.29, 1.82) is 0 Å². The summed E-state index contributed by atoms with van der Waals surface area (Å²) in [5, 5.41) is 9.31. The first-order valence-corrected chi connectivity index (χ1v) is 7.92. The Bertz CT molecular complexity index is 598. The molecular weight excluding hydrogens is 307 g/mol. The number of hydrogen-bond donors (Lipinski definition) is 1. The molecule has 0 aliphatic carbocycles. The lowest BCUT2D eigenvalue weighted by Crippen LogP contribution is -2.39. The highest BCUT2D eigenvalue weighted by molar-refractivity contribution is 7.89. The maximum atomic E-state index is 12.5. The molecule has 0 spiro atoms. The maximum absolute atomic E-state index is 12.5. The highest BCUT2D eigenvalue weighted by Crippen LogP contribution is 2.32. The van der Waals surface area contributed by atoms with Crippen molar-refractivity contribution in [2.45, 2.75) is 30.5 Å². The minimum absolute atomic E-state index is 0.0132. The van der Waals surface area contributed by atoms with Gasteiger partial charge in [-0.25, -0.2) is 8.42 Å². The van der Waals surface area contributed by atoms with Crippen LogP contribution in [0.2, 0.25) is 0 Å². The topological polar surface area (TPSA) is 57.6 Å². The Morgan fingerprint density at radius 3 is 2.33 bits per heavy atom. The van der Waals surface area contributed by atoms with Gasteiger partial charge in [0.1, 0.15) is 0 Å². The minimum Gasteiger partial charge on any atom is -0.395 e. The maximum Gasteiger partial charge on any atom is 0.416 e. The van der Waals surface area contributed by atoms with E-state index in [4.69, 9.17) is 0 Å². The van der Waals surface area contributed by atoms with Crippen LogP contribution in [0.3, 0.4) is 0 Å².